The molecule has 1 N–H and O–H groups in total. The third-order valence-corrected chi connectivity index (χ3v) is 4.40. The number of methoxy groups -OCH3 is 1. The Kier molecular flexibility index (Phi) is 4.46. The summed E-state index contributed by atoms with van der Waals surface area (Å²) in [5, 5.41) is -0.258. The second-order valence-corrected chi connectivity index (χ2v) is 6.37. The first-order valence-electron chi connectivity index (χ1n) is 6.33. The Bertz CT molecular complexity index is 576. The van der Waals surface area contributed by atoms with Gasteiger partial charge < -0.3 is 14.1 Å². The minimum absolute atomic E-state index is 0.0295. The maximum atomic E-state index is 12.3. The molecule has 1 heterocycles. The van der Waals surface area contributed by atoms with Crippen LogP contribution in [0.15, 0.2) is 21.6 Å². The Labute approximate surface area is 117 Å². The van der Waals surface area contributed by atoms with Crippen LogP contribution in [0.1, 0.15) is 23.4 Å². The number of sulfonamides is 1. The molecule has 0 atom stereocenters. The monoisotopic (exact) mass is 302 g/mol. The van der Waals surface area contributed by atoms with Gasteiger partial charge in [0.1, 0.15) is 0 Å². The molecule has 20 heavy (non-hydrogen) atoms. The van der Waals surface area contributed by atoms with Crippen LogP contribution < -0.4 is 4.72 Å². The van der Waals surface area contributed by atoms with Crippen molar-refractivity contribution in [2.75, 3.05) is 27.3 Å². The topological polar surface area (TPSA) is 88.9 Å². The number of nitrogens with zero attached hydrogens (tertiary/aromatic N) is 1. The zero-order valence-electron chi connectivity index (χ0n) is 11.5. The van der Waals surface area contributed by atoms with Gasteiger partial charge in [-0.1, -0.05) is 0 Å². The number of furan rings is 1. The standard InChI is InChI=1S/C12H18N2O5S/c1-13-20(16,17)11-6-5-10(19-11)12(15)14(7-8-18-2)9-3-4-9/h5-6,9,13H,3-4,7-8H2,1-2H3. The summed E-state index contributed by atoms with van der Waals surface area (Å²) in [6.07, 6.45) is 1.91. The lowest BCUT2D eigenvalue weighted by atomic mass is 10.3. The third kappa shape index (κ3) is 3.20. The van der Waals surface area contributed by atoms with Crippen molar-refractivity contribution in [2.24, 2.45) is 0 Å². The van der Waals surface area contributed by atoms with Gasteiger partial charge in [-0.2, -0.15) is 0 Å². The van der Waals surface area contributed by atoms with Crippen LogP contribution in [0.3, 0.4) is 0 Å². The average molecular weight is 302 g/mol. The fourth-order valence-corrected chi connectivity index (χ4v) is 2.50. The first kappa shape index (κ1) is 15.0. The van der Waals surface area contributed by atoms with Gasteiger partial charge in [0.15, 0.2) is 5.76 Å². The molecule has 1 amide bonds. The zero-order valence-corrected chi connectivity index (χ0v) is 12.3. The van der Waals surface area contributed by atoms with Crippen molar-refractivity contribution in [1.29, 1.82) is 0 Å². The van der Waals surface area contributed by atoms with Crippen LogP contribution in [-0.4, -0.2) is 52.6 Å². The highest BCUT2D eigenvalue weighted by molar-refractivity contribution is 7.89. The van der Waals surface area contributed by atoms with Crippen molar-refractivity contribution in [3.8, 4) is 0 Å². The minimum atomic E-state index is -3.67. The molecule has 7 nitrogen and oxygen atoms in total. The predicted octanol–water partition coefficient (Wildman–Crippen LogP) is 0.439. The molecule has 0 aliphatic heterocycles. The smallest absolute Gasteiger partial charge is 0.289 e. The largest absolute Gasteiger partial charge is 0.438 e. The maximum absolute atomic E-state index is 12.3. The lowest BCUT2D eigenvalue weighted by molar-refractivity contribution is 0.0643. The number of ether oxygens (including phenoxy) is 1. The fraction of sp³-hybridized carbons (Fsp3) is 0.583. The molecule has 0 saturated heterocycles. The van der Waals surface area contributed by atoms with Gasteiger partial charge in [0, 0.05) is 19.7 Å². The van der Waals surface area contributed by atoms with Crippen LogP contribution in [0.5, 0.6) is 0 Å². The lowest BCUT2D eigenvalue weighted by Crippen LogP contribution is -2.35. The molecule has 0 unspecified atom stereocenters. The summed E-state index contributed by atoms with van der Waals surface area (Å²) in [6, 6.07) is 2.86. The molecular weight excluding hydrogens is 284 g/mol. The molecule has 1 fully saturated rings. The highest BCUT2D eigenvalue weighted by atomic mass is 32.2. The van der Waals surface area contributed by atoms with E-state index in [4.69, 9.17) is 9.15 Å². The summed E-state index contributed by atoms with van der Waals surface area (Å²) >= 11 is 0. The highest BCUT2D eigenvalue weighted by Gasteiger charge is 2.34. The van der Waals surface area contributed by atoms with Crippen LogP contribution in [0.25, 0.3) is 0 Å². The second kappa shape index (κ2) is 5.94. The Balaban J connectivity index is 2.15. The summed E-state index contributed by atoms with van der Waals surface area (Å²) in [5.41, 5.74) is 0. The summed E-state index contributed by atoms with van der Waals surface area (Å²) < 4.78 is 35.4. The van der Waals surface area contributed by atoms with Crippen LogP contribution in [0.2, 0.25) is 0 Å². The normalized spacial score (nSPS) is 15.3. The molecule has 112 valence electrons. The first-order valence-corrected chi connectivity index (χ1v) is 7.81. The van der Waals surface area contributed by atoms with Gasteiger partial charge in [0.05, 0.1) is 6.61 Å². The Morgan fingerprint density at radius 3 is 2.75 bits per heavy atom. The van der Waals surface area contributed by atoms with Crippen molar-refractivity contribution < 1.29 is 22.4 Å². The van der Waals surface area contributed by atoms with E-state index in [1.807, 2.05) is 0 Å². The Hall–Kier alpha value is -1.38. The van der Waals surface area contributed by atoms with Crippen LogP contribution >= 0.6 is 0 Å². The molecule has 1 aliphatic carbocycles. The van der Waals surface area contributed by atoms with Crippen LogP contribution in [0.4, 0.5) is 0 Å². The van der Waals surface area contributed by atoms with Gasteiger partial charge >= 0.3 is 0 Å². The molecular formula is C12H18N2O5S. The van der Waals surface area contributed by atoms with Crippen molar-refractivity contribution in [1.82, 2.24) is 9.62 Å². The van der Waals surface area contributed by atoms with Crippen molar-refractivity contribution >= 4 is 15.9 Å². The van der Waals surface area contributed by atoms with Gasteiger partial charge in [-0.3, -0.25) is 4.79 Å². The number of hydrogen-bond donors (Lipinski definition) is 1. The Morgan fingerprint density at radius 2 is 2.20 bits per heavy atom. The van der Waals surface area contributed by atoms with E-state index in [9.17, 15) is 13.2 Å². The van der Waals surface area contributed by atoms with Crippen molar-refractivity contribution in [3.05, 3.63) is 17.9 Å². The van der Waals surface area contributed by atoms with E-state index in [1.165, 1.54) is 19.2 Å². The minimum Gasteiger partial charge on any atom is -0.438 e. The Morgan fingerprint density at radius 1 is 1.50 bits per heavy atom. The highest BCUT2D eigenvalue weighted by Crippen LogP contribution is 2.28. The lowest BCUT2D eigenvalue weighted by Gasteiger charge is -2.20. The van der Waals surface area contributed by atoms with E-state index in [-0.39, 0.29) is 22.8 Å². The van der Waals surface area contributed by atoms with E-state index in [0.717, 1.165) is 12.8 Å². The van der Waals surface area contributed by atoms with Crippen molar-refractivity contribution in [3.63, 3.8) is 0 Å². The molecule has 0 bridgehead atoms. The van der Waals surface area contributed by atoms with Gasteiger partial charge in [0.25, 0.3) is 15.9 Å². The summed E-state index contributed by atoms with van der Waals surface area (Å²) in [7, 11) is -0.815. The van der Waals surface area contributed by atoms with E-state index in [0.29, 0.717) is 13.2 Å². The van der Waals surface area contributed by atoms with Gasteiger partial charge in [-0.15, -0.1) is 0 Å². The molecule has 0 aromatic carbocycles. The number of nitrogens with one attached hydrogen (secondary N) is 1. The summed E-state index contributed by atoms with van der Waals surface area (Å²) in [4.78, 5) is 14.0. The molecule has 0 radical (unpaired) electrons. The quantitative estimate of drug-likeness (QED) is 0.789. The molecule has 1 aromatic rings. The molecule has 1 saturated carbocycles. The third-order valence-electron chi connectivity index (χ3n) is 3.11. The number of rotatable bonds is 7. The van der Waals surface area contributed by atoms with Crippen molar-refractivity contribution in [2.45, 2.75) is 24.0 Å². The van der Waals surface area contributed by atoms with E-state index < -0.39 is 10.0 Å². The van der Waals surface area contributed by atoms with E-state index in [1.54, 1.807) is 12.0 Å². The predicted molar refractivity (Wildman–Crippen MR) is 70.9 cm³/mol. The first-order chi connectivity index (χ1) is 9.49. The maximum Gasteiger partial charge on any atom is 0.289 e. The fourth-order valence-electron chi connectivity index (χ4n) is 1.85. The van der Waals surface area contributed by atoms with E-state index in [2.05, 4.69) is 4.72 Å². The molecule has 0 spiro atoms. The van der Waals surface area contributed by atoms with Gasteiger partial charge in [0.2, 0.25) is 5.09 Å². The number of amides is 1. The SMILES string of the molecule is CNS(=O)(=O)c1ccc(C(=O)N(CCOC)C2CC2)o1. The number of carbonyl (C=O) groups is 1. The number of hydrogen-bond acceptors (Lipinski definition) is 5. The van der Waals surface area contributed by atoms with Crippen LogP contribution in [0, 0.1) is 0 Å². The van der Waals surface area contributed by atoms with Gasteiger partial charge in [-0.25, -0.2) is 13.1 Å². The molecule has 2 rings (SSSR count). The molecule has 8 heteroatoms. The van der Waals surface area contributed by atoms with E-state index >= 15 is 0 Å². The summed E-state index contributed by atoms with van der Waals surface area (Å²) in [5.74, 6) is -0.274. The second-order valence-electron chi connectivity index (χ2n) is 4.55. The molecule has 1 aromatic heterocycles. The van der Waals surface area contributed by atoms with Crippen LogP contribution in [-0.2, 0) is 14.8 Å². The van der Waals surface area contributed by atoms with Gasteiger partial charge in [-0.05, 0) is 32.0 Å². The zero-order chi connectivity index (χ0) is 14.8. The summed E-state index contributed by atoms with van der Waals surface area (Å²) in [6.45, 7) is 0.902. The number of carbonyl (C=O) groups excluding carboxylic acids is 1. The average Bonchev–Trinajstić information content (AvgIpc) is 3.14. The molecule has 1 aliphatic rings.